The quantitative estimate of drug-likeness (QED) is 0.799. The number of nitrogens with zero attached hydrogens (tertiary/aromatic N) is 1. The highest BCUT2D eigenvalue weighted by molar-refractivity contribution is 7.89. The van der Waals surface area contributed by atoms with E-state index in [2.05, 4.69) is 0 Å². The van der Waals surface area contributed by atoms with Gasteiger partial charge in [-0.1, -0.05) is 17.7 Å². The number of aliphatic hydroxyl groups excluding tert-OH is 1. The summed E-state index contributed by atoms with van der Waals surface area (Å²) in [5.41, 5.74) is 5.86. The number of aliphatic hydroxyl groups is 1. The molecule has 8 heteroatoms. The molecule has 0 aromatic heterocycles. The van der Waals surface area contributed by atoms with Crippen molar-refractivity contribution in [1.29, 1.82) is 0 Å². The Hall–Kier alpha value is -0.860. The Bertz CT molecular complexity index is 573. The molecule has 1 aliphatic rings. The van der Waals surface area contributed by atoms with Crippen molar-refractivity contribution < 1.29 is 18.3 Å². The van der Waals surface area contributed by atoms with Crippen LogP contribution in [0.25, 0.3) is 0 Å². The van der Waals surface area contributed by atoms with Gasteiger partial charge in [0, 0.05) is 12.6 Å². The Kier molecular flexibility index (Phi) is 4.55. The summed E-state index contributed by atoms with van der Waals surface area (Å²) in [6.07, 6.45) is -0.537. The average Bonchev–Trinajstić information content (AvgIpc) is 2.38. The second-order valence-electron chi connectivity index (χ2n) is 4.72. The first-order valence-electron chi connectivity index (χ1n) is 6.16. The first-order chi connectivity index (χ1) is 9.37. The van der Waals surface area contributed by atoms with Crippen LogP contribution in [-0.2, 0) is 14.8 Å². The molecule has 2 atom stereocenters. The third-order valence-electron chi connectivity index (χ3n) is 3.22. The van der Waals surface area contributed by atoms with Crippen LogP contribution in [0.3, 0.4) is 0 Å². The van der Waals surface area contributed by atoms with E-state index in [0.717, 1.165) is 0 Å². The van der Waals surface area contributed by atoms with Gasteiger partial charge in [-0.15, -0.1) is 0 Å². The molecule has 0 radical (unpaired) electrons. The number of hydrogen-bond donors (Lipinski definition) is 2. The average molecular weight is 321 g/mol. The standard InChI is InChI=1S/C12H17ClN2O4S/c1-8-7-19-9(6-16)5-15(8)20(17,18)12-10(13)3-2-4-11(12)14/h2-4,8-9,16H,5-7,14H2,1H3. The molecule has 1 aromatic carbocycles. The zero-order valence-corrected chi connectivity index (χ0v) is 12.6. The van der Waals surface area contributed by atoms with Crippen molar-refractivity contribution >= 4 is 27.3 Å². The molecule has 1 saturated heterocycles. The van der Waals surface area contributed by atoms with Crippen LogP contribution in [0.1, 0.15) is 6.92 Å². The maximum absolute atomic E-state index is 12.7. The van der Waals surface area contributed by atoms with Crippen LogP contribution in [0.4, 0.5) is 5.69 Å². The van der Waals surface area contributed by atoms with Crippen LogP contribution in [-0.4, -0.2) is 49.7 Å². The van der Waals surface area contributed by atoms with Crippen molar-refractivity contribution in [2.24, 2.45) is 0 Å². The van der Waals surface area contributed by atoms with Crippen LogP contribution < -0.4 is 5.73 Å². The Morgan fingerprint density at radius 3 is 2.85 bits per heavy atom. The predicted molar refractivity (Wildman–Crippen MR) is 76.0 cm³/mol. The van der Waals surface area contributed by atoms with Crippen molar-refractivity contribution in [3.8, 4) is 0 Å². The highest BCUT2D eigenvalue weighted by Gasteiger charge is 2.37. The summed E-state index contributed by atoms with van der Waals surface area (Å²) in [6.45, 7) is 1.79. The molecule has 0 saturated carbocycles. The summed E-state index contributed by atoms with van der Waals surface area (Å²) >= 11 is 5.98. The van der Waals surface area contributed by atoms with E-state index in [-0.39, 0.29) is 41.4 Å². The van der Waals surface area contributed by atoms with Crippen molar-refractivity contribution in [3.63, 3.8) is 0 Å². The molecular weight excluding hydrogens is 304 g/mol. The van der Waals surface area contributed by atoms with Gasteiger partial charge in [0.25, 0.3) is 0 Å². The number of anilines is 1. The Morgan fingerprint density at radius 1 is 1.55 bits per heavy atom. The third-order valence-corrected chi connectivity index (χ3v) is 5.74. The first-order valence-corrected chi connectivity index (χ1v) is 7.98. The van der Waals surface area contributed by atoms with E-state index in [0.29, 0.717) is 0 Å². The molecule has 2 unspecified atom stereocenters. The van der Waals surface area contributed by atoms with E-state index in [1.165, 1.54) is 16.4 Å². The fourth-order valence-corrected chi connectivity index (χ4v) is 4.44. The molecule has 0 spiro atoms. The summed E-state index contributed by atoms with van der Waals surface area (Å²) in [6, 6.07) is 4.22. The largest absolute Gasteiger partial charge is 0.398 e. The first kappa shape index (κ1) is 15.5. The number of halogens is 1. The Labute approximate surface area is 123 Å². The van der Waals surface area contributed by atoms with Crippen molar-refractivity contribution in [2.75, 3.05) is 25.5 Å². The van der Waals surface area contributed by atoms with Gasteiger partial charge in [-0.05, 0) is 19.1 Å². The Balaban J connectivity index is 2.43. The molecule has 0 aliphatic carbocycles. The second kappa shape index (κ2) is 5.87. The summed E-state index contributed by atoms with van der Waals surface area (Å²) in [4.78, 5) is -0.0906. The summed E-state index contributed by atoms with van der Waals surface area (Å²) < 4.78 is 32.1. The van der Waals surface area contributed by atoms with Crippen LogP contribution in [0.2, 0.25) is 5.02 Å². The van der Waals surface area contributed by atoms with Gasteiger partial charge in [0.15, 0.2) is 0 Å². The lowest BCUT2D eigenvalue weighted by Crippen LogP contribution is -2.52. The molecule has 1 aliphatic heterocycles. The van der Waals surface area contributed by atoms with Gasteiger partial charge in [-0.2, -0.15) is 4.31 Å². The second-order valence-corrected chi connectivity index (χ2v) is 6.95. The maximum Gasteiger partial charge on any atom is 0.247 e. The molecule has 1 aromatic rings. The van der Waals surface area contributed by atoms with Crippen molar-refractivity contribution in [1.82, 2.24) is 4.31 Å². The fourth-order valence-electron chi connectivity index (χ4n) is 2.15. The lowest BCUT2D eigenvalue weighted by Gasteiger charge is -2.36. The molecule has 6 nitrogen and oxygen atoms in total. The molecular formula is C12H17ClN2O4S. The number of rotatable bonds is 3. The van der Waals surface area contributed by atoms with Crippen molar-refractivity contribution in [2.45, 2.75) is 24.0 Å². The van der Waals surface area contributed by atoms with Gasteiger partial charge in [-0.25, -0.2) is 8.42 Å². The highest BCUT2D eigenvalue weighted by atomic mass is 35.5. The predicted octanol–water partition coefficient (Wildman–Crippen LogP) is 0.693. The number of sulfonamides is 1. The number of nitrogens with two attached hydrogens (primary N) is 1. The molecule has 20 heavy (non-hydrogen) atoms. The number of hydrogen-bond acceptors (Lipinski definition) is 5. The fraction of sp³-hybridized carbons (Fsp3) is 0.500. The Morgan fingerprint density at radius 2 is 2.25 bits per heavy atom. The normalized spacial score (nSPS) is 24.8. The monoisotopic (exact) mass is 320 g/mol. The van der Waals surface area contributed by atoms with Gasteiger partial charge in [0.1, 0.15) is 4.90 Å². The van der Waals surface area contributed by atoms with Gasteiger partial charge >= 0.3 is 0 Å². The zero-order chi connectivity index (χ0) is 14.9. The van der Waals surface area contributed by atoms with E-state index < -0.39 is 16.1 Å². The van der Waals surface area contributed by atoms with Gasteiger partial charge in [0.05, 0.1) is 30.0 Å². The maximum atomic E-state index is 12.7. The number of benzene rings is 1. The van der Waals surface area contributed by atoms with E-state index >= 15 is 0 Å². The summed E-state index contributed by atoms with van der Waals surface area (Å²) in [5, 5.41) is 9.23. The number of ether oxygens (including phenoxy) is 1. The topological polar surface area (TPSA) is 92.9 Å². The molecule has 1 heterocycles. The lowest BCUT2D eigenvalue weighted by atomic mass is 10.2. The molecule has 2 rings (SSSR count). The van der Waals surface area contributed by atoms with Crippen LogP contribution in [0.5, 0.6) is 0 Å². The van der Waals surface area contributed by atoms with E-state index in [1.54, 1.807) is 13.0 Å². The van der Waals surface area contributed by atoms with Crippen LogP contribution in [0, 0.1) is 0 Å². The molecule has 112 valence electrons. The summed E-state index contributed by atoms with van der Waals surface area (Å²) in [7, 11) is -3.83. The lowest BCUT2D eigenvalue weighted by molar-refractivity contribution is -0.0516. The minimum Gasteiger partial charge on any atom is -0.398 e. The number of nitrogen functional groups attached to an aromatic ring is 1. The minimum atomic E-state index is -3.83. The smallest absolute Gasteiger partial charge is 0.247 e. The summed E-state index contributed by atoms with van der Waals surface area (Å²) in [5.74, 6) is 0. The minimum absolute atomic E-state index is 0.0741. The highest BCUT2D eigenvalue weighted by Crippen LogP contribution is 2.32. The van der Waals surface area contributed by atoms with E-state index in [1.807, 2.05) is 0 Å². The zero-order valence-electron chi connectivity index (χ0n) is 11.0. The molecule has 1 fully saturated rings. The molecule has 0 bridgehead atoms. The molecule has 0 amide bonds. The van der Waals surface area contributed by atoms with Crippen LogP contribution in [0.15, 0.2) is 23.1 Å². The van der Waals surface area contributed by atoms with E-state index in [9.17, 15) is 8.42 Å². The van der Waals surface area contributed by atoms with Crippen molar-refractivity contribution in [3.05, 3.63) is 23.2 Å². The van der Waals surface area contributed by atoms with Gasteiger partial charge in [0.2, 0.25) is 10.0 Å². The third kappa shape index (κ3) is 2.77. The number of morpholine rings is 1. The van der Waals surface area contributed by atoms with Crippen LogP contribution >= 0.6 is 11.6 Å². The van der Waals surface area contributed by atoms with Gasteiger partial charge < -0.3 is 15.6 Å². The SMILES string of the molecule is CC1COC(CO)CN1S(=O)(=O)c1c(N)cccc1Cl. The molecule has 3 N–H and O–H groups in total. The van der Waals surface area contributed by atoms with E-state index in [4.69, 9.17) is 27.2 Å². The van der Waals surface area contributed by atoms with Gasteiger partial charge in [-0.3, -0.25) is 0 Å².